The standard InChI is InChI=1S/C10H11BrFNO4S/c11-6-1-2-10(7(12)3-6)18(16,17)13-4-8(14)9(15)5-13/h1-3,8-9,14-15H,4-5H2/t8-,9+. The first kappa shape index (κ1) is 13.9. The third kappa shape index (κ3) is 2.43. The molecule has 5 nitrogen and oxygen atoms in total. The molecule has 1 fully saturated rings. The van der Waals surface area contributed by atoms with Gasteiger partial charge in [-0.2, -0.15) is 4.31 Å². The molecule has 0 saturated carbocycles. The van der Waals surface area contributed by atoms with E-state index in [-0.39, 0.29) is 13.1 Å². The molecule has 8 heteroatoms. The van der Waals surface area contributed by atoms with Crippen molar-refractivity contribution >= 4 is 26.0 Å². The second-order valence-electron chi connectivity index (χ2n) is 4.03. The molecule has 2 N–H and O–H groups in total. The summed E-state index contributed by atoms with van der Waals surface area (Å²) in [7, 11) is -4.03. The van der Waals surface area contributed by atoms with Gasteiger partial charge in [-0.3, -0.25) is 0 Å². The third-order valence-electron chi connectivity index (χ3n) is 2.74. The highest BCUT2D eigenvalue weighted by Crippen LogP contribution is 2.25. The van der Waals surface area contributed by atoms with Crippen molar-refractivity contribution in [1.29, 1.82) is 0 Å². The van der Waals surface area contributed by atoms with Gasteiger partial charge in [0, 0.05) is 17.6 Å². The van der Waals surface area contributed by atoms with Gasteiger partial charge in [0.1, 0.15) is 10.7 Å². The van der Waals surface area contributed by atoms with Crippen LogP contribution in [-0.2, 0) is 10.0 Å². The number of sulfonamides is 1. The van der Waals surface area contributed by atoms with Crippen LogP contribution in [0.15, 0.2) is 27.6 Å². The van der Waals surface area contributed by atoms with E-state index >= 15 is 0 Å². The zero-order valence-corrected chi connectivity index (χ0v) is 11.5. The fraction of sp³-hybridized carbons (Fsp3) is 0.400. The largest absolute Gasteiger partial charge is 0.389 e. The summed E-state index contributed by atoms with van der Waals surface area (Å²) in [6.07, 6.45) is -2.28. The number of nitrogens with zero attached hydrogens (tertiary/aromatic N) is 1. The number of rotatable bonds is 2. The molecule has 1 heterocycles. The molecule has 0 bridgehead atoms. The lowest BCUT2D eigenvalue weighted by molar-refractivity contribution is 0.0572. The molecule has 1 aliphatic heterocycles. The topological polar surface area (TPSA) is 77.8 Å². The van der Waals surface area contributed by atoms with Crippen molar-refractivity contribution in [3.8, 4) is 0 Å². The zero-order chi connectivity index (χ0) is 13.5. The van der Waals surface area contributed by atoms with E-state index in [0.29, 0.717) is 4.47 Å². The van der Waals surface area contributed by atoms with E-state index in [4.69, 9.17) is 0 Å². The second-order valence-corrected chi connectivity index (χ2v) is 6.85. The number of hydrogen-bond donors (Lipinski definition) is 2. The lowest BCUT2D eigenvalue weighted by Gasteiger charge is -2.16. The normalized spacial score (nSPS) is 25.6. The van der Waals surface area contributed by atoms with Gasteiger partial charge in [-0.25, -0.2) is 12.8 Å². The minimum absolute atomic E-state index is 0.237. The first-order valence-corrected chi connectivity index (χ1v) is 7.37. The number of halogens is 2. The van der Waals surface area contributed by atoms with E-state index in [2.05, 4.69) is 15.9 Å². The van der Waals surface area contributed by atoms with E-state index in [9.17, 15) is 23.0 Å². The fourth-order valence-corrected chi connectivity index (χ4v) is 3.61. The minimum atomic E-state index is -4.03. The Bertz CT molecular complexity index is 555. The molecule has 18 heavy (non-hydrogen) atoms. The average molecular weight is 340 g/mol. The average Bonchev–Trinajstić information content (AvgIpc) is 2.59. The summed E-state index contributed by atoms with van der Waals surface area (Å²) >= 11 is 3.04. The van der Waals surface area contributed by atoms with Crippen LogP contribution in [0.3, 0.4) is 0 Å². The quantitative estimate of drug-likeness (QED) is 0.813. The molecule has 1 aliphatic rings. The SMILES string of the molecule is O=S(=O)(c1ccc(Br)cc1F)N1C[C@@H](O)[C@@H](O)C1. The number of benzene rings is 1. The predicted octanol–water partition coefficient (Wildman–Crippen LogP) is 0.314. The van der Waals surface area contributed by atoms with Gasteiger partial charge in [-0.1, -0.05) is 15.9 Å². The minimum Gasteiger partial charge on any atom is -0.389 e. The molecule has 1 saturated heterocycles. The van der Waals surface area contributed by atoms with E-state index in [1.807, 2.05) is 0 Å². The summed E-state index contributed by atoms with van der Waals surface area (Å²) in [5.41, 5.74) is 0. The van der Waals surface area contributed by atoms with Gasteiger partial charge < -0.3 is 10.2 Å². The van der Waals surface area contributed by atoms with Crippen molar-refractivity contribution in [2.45, 2.75) is 17.1 Å². The van der Waals surface area contributed by atoms with Crippen molar-refractivity contribution in [3.63, 3.8) is 0 Å². The molecule has 0 aliphatic carbocycles. The Balaban J connectivity index is 2.37. The van der Waals surface area contributed by atoms with Gasteiger partial charge in [-0.05, 0) is 18.2 Å². The Morgan fingerprint density at radius 2 is 1.83 bits per heavy atom. The maximum atomic E-state index is 13.6. The fourth-order valence-electron chi connectivity index (χ4n) is 1.75. The first-order chi connectivity index (χ1) is 8.32. The van der Waals surface area contributed by atoms with Crippen molar-refractivity contribution in [2.75, 3.05) is 13.1 Å². The number of aliphatic hydroxyl groups excluding tert-OH is 2. The second kappa shape index (κ2) is 4.86. The Kier molecular flexibility index (Phi) is 3.75. The van der Waals surface area contributed by atoms with Gasteiger partial charge in [0.15, 0.2) is 0 Å². The van der Waals surface area contributed by atoms with Crippen LogP contribution in [0.2, 0.25) is 0 Å². The summed E-state index contributed by atoms with van der Waals surface area (Å²) in [5, 5.41) is 18.7. The van der Waals surface area contributed by atoms with Crippen LogP contribution in [0.5, 0.6) is 0 Å². The van der Waals surface area contributed by atoms with Gasteiger partial charge in [0.2, 0.25) is 10.0 Å². The summed E-state index contributed by atoms with van der Waals surface area (Å²) < 4.78 is 39.1. The molecular weight excluding hydrogens is 329 g/mol. The van der Waals surface area contributed by atoms with Gasteiger partial charge in [0.25, 0.3) is 0 Å². The molecule has 1 aromatic rings. The van der Waals surface area contributed by atoms with Crippen LogP contribution >= 0.6 is 15.9 Å². The van der Waals surface area contributed by atoms with Crippen LogP contribution in [-0.4, -0.2) is 48.2 Å². The predicted molar refractivity (Wildman–Crippen MR) is 64.9 cm³/mol. The van der Waals surface area contributed by atoms with Crippen molar-refractivity contribution < 1.29 is 23.0 Å². The van der Waals surface area contributed by atoms with Gasteiger partial charge >= 0.3 is 0 Å². The van der Waals surface area contributed by atoms with Crippen LogP contribution in [0.25, 0.3) is 0 Å². The number of β-amino-alcohol motifs (C(OH)–C–C–N with tert-alkyl or cyclic N) is 2. The highest BCUT2D eigenvalue weighted by atomic mass is 79.9. The van der Waals surface area contributed by atoms with Crippen molar-refractivity contribution in [1.82, 2.24) is 4.31 Å². The number of aliphatic hydroxyl groups is 2. The smallest absolute Gasteiger partial charge is 0.246 e. The molecule has 2 rings (SSSR count). The van der Waals surface area contributed by atoms with Crippen molar-refractivity contribution in [3.05, 3.63) is 28.5 Å². The lowest BCUT2D eigenvalue weighted by Crippen LogP contribution is -2.30. The molecular formula is C10H11BrFNO4S. The zero-order valence-electron chi connectivity index (χ0n) is 9.12. The van der Waals surface area contributed by atoms with E-state index < -0.39 is 32.9 Å². The van der Waals surface area contributed by atoms with E-state index in [1.165, 1.54) is 6.07 Å². The van der Waals surface area contributed by atoms with E-state index in [1.54, 1.807) is 0 Å². The molecule has 0 aromatic heterocycles. The monoisotopic (exact) mass is 339 g/mol. The van der Waals surface area contributed by atoms with Crippen LogP contribution in [0, 0.1) is 5.82 Å². The molecule has 1 aromatic carbocycles. The maximum absolute atomic E-state index is 13.6. The Labute approximate surface area is 112 Å². The molecule has 0 radical (unpaired) electrons. The van der Waals surface area contributed by atoms with E-state index in [0.717, 1.165) is 16.4 Å². The Morgan fingerprint density at radius 3 is 2.33 bits per heavy atom. The first-order valence-electron chi connectivity index (χ1n) is 5.13. The third-order valence-corrected chi connectivity index (χ3v) is 5.10. The lowest BCUT2D eigenvalue weighted by atomic mass is 10.3. The number of hydrogen-bond acceptors (Lipinski definition) is 4. The van der Waals surface area contributed by atoms with Gasteiger partial charge in [-0.15, -0.1) is 0 Å². The van der Waals surface area contributed by atoms with Crippen LogP contribution in [0.1, 0.15) is 0 Å². The van der Waals surface area contributed by atoms with Crippen LogP contribution < -0.4 is 0 Å². The molecule has 100 valence electrons. The summed E-state index contributed by atoms with van der Waals surface area (Å²) in [4.78, 5) is -0.466. The Hall–Kier alpha value is -0.540. The highest BCUT2D eigenvalue weighted by molar-refractivity contribution is 9.10. The molecule has 0 amide bonds. The molecule has 2 atom stereocenters. The summed E-state index contributed by atoms with van der Waals surface area (Å²) in [6, 6.07) is 3.61. The van der Waals surface area contributed by atoms with Crippen LogP contribution in [0.4, 0.5) is 4.39 Å². The Morgan fingerprint density at radius 1 is 1.28 bits per heavy atom. The van der Waals surface area contributed by atoms with Gasteiger partial charge in [0.05, 0.1) is 12.2 Å². The molecule has 0 spiro atoms. The summed E-state index contributed by atoms with van der Waals surface area (Å²) in [5.74, 6) is -0.875. The maximum Gasteiger partial charge on any atom is 0.246 e. The van der Waals surface area contributed by atoms with Crippen molar-refractivity contribution in [2.24, 2.45) is 0 Å². The molecule has 0 unspecified atom stereocenters. The highest BCUT2D eigenvalue weighted by Gasteiger charge is 2.38. The summed E-state index contributed by atoms with van der Waals surface area (Å²) in [6.45, 7) is -0.474.